The standard InChI is InChI=1S/C24H20OP/c1-5-13-21(14-6-1)25-26(22-15-7-2-8-16-22,23-17-9-3-10-18-23)24-19-11-4-12-20-24/h1-20H/q+1. The van der Waals surface area contributed by atoms with Crippen LogP contribution in [-0.4, -0.2) is 0 Å². The molecule has 0 aliphatic carbocycles. The maximum Gasteiger partial charge on any atom is 0.287 e. The summed E-state index contributed by atoms with van der Waals surface area (Å²) in [5, 5.41) is 3.63. The summed E-state index contributed by atoms with van der Waals surface area (Å²) in [7, 11) is -2.28. The van der Waals surface area contributed by atoms with Crippen molar-refractivity contribution in [2.45, 2.75) is 0 Å². The number of rotatable bonds is 5. The van der Waals surface area contributed by atoms with Gasteiger partial charge in [0.1, 0.15) is 15.9 Å². The van der Waals surface area contributed by atoms with Crippen LogP contribution in [0.2, 0.25) is 0 Å². The van der Waals surface area contributed by atoms with Crippen LogP contribution in [0.4, 0.5) is 0 Å². The Bertz CT molecular complexity index is 842. The lowest BCUT2D eigenvalue weighted by atomic mass is 10.3. The molecular formula is C24H20OP+. The van der Waals surface area contributed by atoms with Crippen LogP contribution in [0.5, 0.6) is 5.75 Å². The van der Waals surface area contributed by atoms with Crippen molar-refractivity contribution >= 4 is 23.4 Å². The third-order valence-corrected chi connectivity index (χ3v) is 7.91. The van der Waals surface area contributed by atoms with E-state index in [1.807, 2.05) is 30.3 Å². The van der Waals surface area contributed by atoms with Gasteiger partial charge < -0.3 is 4.52 Å². The zero-order valence-corrected chi connectivity index (χ0v) is 15.3. The minimum Gasteiger partial charge on any atom is -0.334 e. The normalized spacial score (nSPS) is 11.1. The van der Waals surface area contributed by atoms with Gasteiger partial charge in [0.15, 0.2) is 5.75 Å². The van der Waals surface area contributed by atoms with Crippen LogP contribution < -0.4 is 20.4 Å². The summed E-state index contributed by atoms with van der Waals surface area (Å²) in [6, 6.07) is 41.9. The van der Waals surface area contributed by atoms with Gasteiger partial charge >= 0.3 is 0 Å². The Morgan fingerprint density at radius 1 is 0.385 bits per heavy atom. The molecular weight excluding hydrogens is 335 g/mol. The first-order valence-electron chi connectivity index (χ1n) is 8.70. The zero-order chi connectivity index (χ0) is 17.7. The van der Waals surface area contributed by atoms with Gasteiger partial charge in [0, 0.05) is 0 Å². The number of para-hydroxylation sites is 1. The summed E-state index contributed by atoms with van der Waals surface area (Å²) in [5.74, 6) is 0.886. The van der Waals surface area contributed by atoms with Gasteiger partial charge in [-0.15, -0.1) is 0 Å². The summed E-state index contributed by atoms with van der Waals surface area (Å²) in [6.07, 6.45) is 0. The quantitative estimate of drug-likeness (QED) is 0.459. The molecule has 0 aliphatic heterocycles. The van der Waals surface area contributed by atoms with E-state index in [2.05, 4.69) is 91.0 Å². The summed E-state index contributed by atoms with van der Waals surface area (Å²) in [5.41, 5.74) is 0. The first-order valence-corrected chi connectivity index (χ1v) is 10.4. The molecule has 0 aromatic heterocycles. The second-order valence-electron chi connectivity index (χ2n) is 6.02. The monoisotopic (exact) mass is 355 g/mol. The highest BCUT2D eigenvalue weighted by atomic mass is 31.2. The fourth-order valence-electron chi connectivity index (χ4n) is 3.16. The van der Waals surface area contributed by atoms with Crippen LogP contribution in [0.3, 0.4) is 0 Å². The van der Waals surface area contributed by atoms with E-state index < -0.39 is 7.49 Å². The second-order valence-corrected chi connectivity index (χ2v) is 8.97. The van der Waals surface area contributed by atoms with Crippen molar-refractivity contribution in [3.05, 3.63) is 121 Å². The second kappa shape index (κ2) is 7.56. The van der Waals surface area contributed by atoms with Gasteiger partial charge in [0.05, 0.1) is 0 Å². The van der Waals surface area contributed by atoms with Gasteiger partial charge in [-0.3, -0.25) is 0 Å². The Kier molecular flexibility index (Phi) is 4.82. The largest absolute Gasteiger partial charge is 0.334 e. The minimum absolute atomic E-state index is 0.886. The third kappa shape index (κ3) is 3.14. The van der Waals surface area contributed by atoms with Crippen LogP contribution in [-0.2, 0) is 0 Å². The van der Waals surface area contributed by atoms with E-state index in [-0.39, 0.29) is 0 Å². The molecule has 0 aliphatic rings. The molecule has 0 unspecified atom stereocenters. The highest BCUT2D eigenvalue weighted by Crippen LogP contribution is 2.55. The molecule has 0 bridgehead atoms. The maximum atomic E-state index is 6.87. The Balaban J connectivity index is 2.00. The Hall–Kier alpha value is -2.89. The summed E-state index contributed by atoms with van der Waals surface area (Å²) in [6.45, 7) is 0. The van der Waals surface area contributed by atoms with E-state index in [0.717, 1.165) is 5.75 Å². The molecule has 4 aromatic rings. The molecule has 0 N–H and O–H groups in total. The molecule has 4 aromatic carbocycles. The highest BCUT2D eigenvalue weighted by molar-refractivity contribution is 7.92. The van der Waals surface area contributed by atoms with E-state index in [9.17, 15) is 0 Å². The average molecular weight is 355 g/mol. The molecule has 0 heterocycles. The smallest absolute Gasteiger partial charge is 0.287 e. The van der Waals surface area contributed by atoms with Crippen molar-refractivity contribution in [3.63, 3.8) is 0 Å². The summed E-state index contributed by atoms with van der Waals surface area (Å²) >= 11 is 0. The average Bonchev–Trinajstić information content (AvgIpc) is 2.75. The molecule has 0 radical (unpaired) electrons. The van der Waals surface area contributed by atoms with Crippen molar-refractivity contribution in [1.82, 2.24) is 0 Å². The van der Waals surface area contributed by atoms with Crippen LogP contribution in [0.15, 0.2) is 121 Å². The van der Waals surface area contributed by atoms with E-state index in [0.29, 0.717) is 0 Å². The Morgan fingerprint density at radius 2 is 0.692 bits per heavy atom. The molecule has 0 saturated carbocycles. The molecule has 0 spiro atoms. The van der Waals surface area contributed by atoms with E-state index in [1.165, 1.54) is 15.9 Å². The predicted octanol–water partition coefficient (Wildman–Crippen LogP) is 4.97. The minimum atomic E-state index is -2.28. The molecule has 2 heteroatoms. The number of benzene rings is 4. The fourth-order valence-corrected chi connectivity index (χ4v) is 6.58. The Labute approximate surface area is 155 Å². The van der Waals surface area contributed by atoms with Crippen LogP contribution in [0, 0.1) is 0 Å². The lowest BCUT2D eigenvalue weighted by molar-refractivity contribution is 0.620. The molecule has 26 heavy (non-hydrogen) atoms. The van der Waals surface area contributed by atoms with E-state index in [4.69, 9.17) is 4.52 Å². The molecule has 0 amide bonds. The first-order chi connectivity index (χ1) is 12.9. The zero-order valence-electron chi connectivity index (χ0n) is 14.4. The van der Waals surface area contributed by atoms with Gasteiger partial charge in [-0.25, -0.2) is 0 Å². The molecule has 4 rings (SSSR count). The SMILES string of the molecule is c1ccc(O[P+](c2ccccc2)(c2ccccc2)c2ccccc2)cc1. The fraction of sp³-hybridized carbons (Fsp3) is 0. The number of hydrogen-bond donors (Lipinski definition) is 0. The predicted molar refractivity (Wildman–Crippen MR) is 112 cm³/mol. The Morgan fingerprint density at radius 3 is 1.04 bits per heavy atom. The van der Waals surface area contributed by atoms with Crippen molar-refractivity contribution in [1.29, 1.82) is 0 Å². The van der Waals surface area contributed by atoms with Crippen LogP contribution in [0.25, 0.3) is 0 Å². The van der Waals surface area contributed by atoms with Crippen molar-refractivity contribution < 1.29 is 4.52 Å². The molecule has 0 fully saturated rings. The van der Waals surface area contributed by atoms with Crippen molar-refractivity contribution in [3.8, 4) is 5.75 Å². The number of hydrogen-bond acceptors (Lipinski definition) is 1. The van der Waals surface area contributed by atoms with Gasteiger partial charge in [-0.2, -0.15) is 0 Å². The van der Waals surface area contributed by atoms with Crippen LogP contribution in [0.1, 0.15) is 0 Å². The summed E-state index contributed by atoms with van der Waals surface area (Å²) in [4.78, 5) is 0. The molecule has 1 nitrogen and oxygen atoms in total. The van der Waals surface area contributed by atoms with Gasteiger partial charge in [-0.1, -0.05) is 72.8 Å². The van der Waals surface area contributed by atoms with Crippen molar-refractivity contribution in [2.24, 2.45) is 0 Å². The van der Waals surface area contributed by atoms with Crippen molar-refractivity contribution in [2.75, 3.05) is 0 Å². The van der Waals surface area contributed by atoms with Gasteiger partial charge in [0.25, 0.3) is 7.49 Å². The first kappa shape index (κ1) is 16.6. The molecule has 0 saturated heterocycles. The summed E-state index contributed by atoms with van der Waals surface area (Å²) < 4.78 is 6.87. The molecule has 126 valence electrons. The van der Waals surface area contributed by atoms with Gasteiger partial charge in [0.2, 0.25) is 0 Å². The maximum absolute atomic E-state index is 6.87. The lowest BCUT2D eigenvalue weighted by Crippen LogP contribution is -2.34. The topological polar surface area (TPSA) is 9.23 Å². The van der Waals surface area contributed by atoms with Crippen LogP contribution >= 0.6 is 7.49 Å². The third-order valence-electron chi connectivity index (χ3n) is 4.34. The van der Waals surface area contributed by atoms with E-state index in [1.54, 1.807) is 0 Å². The van der Waals surface area contributed by atoms with E-state index >= 15 is 0 Å². The molecule has 0 atom stereocenters. The highest BCUT2D eigenvalue weighted by Gasteiger charge is 2.49. The van der Waals surface area contributed by atoms with Gasteiger partial charge in [-0.05, 0) is 48.5 Å². The lowest BCUT2D eigenvalue weighted by Gasteiger charge is -2.26.